The molecule has 142 valence electrons. The van der Waals surface area contributed by atoms with Gasteiger partial charge in [-0.3, -0.25) is 0 Å². The average molecular weight is 394 g/mol. The summed E-state index contributed by atoms with van der Waals surface area (Å²) in [4.78, 5) is 9.57. The molecule has 0 aliphatic heterocycles. The monoisotopic (exact) mass is 393 g/mol. The van der Waals surface area contributed by atoms with E-state index in [2.05, 4.69) is 10.4 Å². The first-order valence-corrected chi connectivity index (χ1v) is 9.29. The van der Waals surface area contributed by atoms with E-state index in [4.69, 9.17) is 26.3 Å². The zero-order valence-electron chi connectivity index (χ0n) is 15.9. The maximum atomic E-state index is 6.14. The zero-order chi connectivity index (χ0) is 19.7. The van der Waals surface area contributed by atoms with Gasteiger partial charge in [0.25, 0.3) is 0 Å². The Morgan fingerprint density at radius 3 is 2.64 bits per heavy atom. The van der Waals surface area contributed by atoms with Crippen molar-refractivity contribution in [1.82, 2.24) is 19.7 Å². The second kappa shape index (κ2) is 7.48. The van der Waals surface area contributed by atoms with Crippen molar-refractivity contribution in [3.63, 3.8) is 0 Å². The van der Waals surface area contributed by atoms with Gasteiger partial charge in [-0.2, -0.15) is 5.10 Å². The molecule has 2 heterocycles. The second-order valence-corrected chi connectivity index (χ2v) is 7.01. The Hall–Kier alpha value is -3.12. The summed E-state index contributed by atoms with van der Waals surface area (Å²) in [5, 5.41) is 8.60. The predicted molar refractivity (Wildman–Crippen MR) is 111 cm³/mol. The number of benzene rings is 2. The van der Waals surface area contributed by atoms with E-state index in [-0.39, 0.29) is 0 Å². The summed E-state index contributed by atoms with van der Waals surface area (Å²) in [5.74, 6) is 2.12. The predicted octanol–water partition coefficient (Wildman–Crippen LogP) is 4.71. The lowest BCUT2D eigenvalue weighted by molar-refractivity contribution is 0.414. The van der Waals surface area contributed by atoms with Gasteiger partial charge >= 0.3 is 0 Å². The van der Waals surface area contributed by atoms with Crippen molar-refractivity contribution in [2.45, 2.75) is 20.4 Å². The van der Waals surface area contributed by atoms with Crippen molar-refractivity contribution in [3.05, 3.63) is 70.5 Å². The smallest absolute Gasteiger partial charge is 0.197 e. The number of halogens is 1. The topological polar surface area (TPSA) is 64.9 Å². The third kappa shape index (κ3) is 3.64. The molecule has 0 radical (unpaired) electrons. The first kappa shape index (κ1) is 18.3. The summed E-state index contributed by atoms with van der Waals surface area (Å²) in [6.45, 7) is 4.53. The first-order valence-electron chi connectivity index (χ1n) is 8.91. The van der Waals surface area contributed by atoms with Gasteiger partial charge in [0.05, 0.1) is 23.8 Å². The SMILES string of the molecule is COc1cccc(CNc2nc3ccc(Cl)cc3nc2-n2nc(C)cc2C)c1. The van der Waals surface area contributed by atoms with Gasteiger partial charge < -0.3 is 10.1 Å². The van der Waals surface area contributed by atoms with E-state index in [0.717, 1.165) is 33.7 Å². The van der Waals surface area contributed by atoms with Crippen LogP contribution >= 0.6 is 11.6 Å². The van der Waals surface area contributed by atoms with Crippen LogP contribution in [0.1, 0.15) is 17.0 Å². The molecule has 0 fully saturated rings. The highest BCUT2D eigenvalue weighted by molar-refractivity contribution is 6.31. The third-order valence-corrected chi connectivity index (χ3v) is 4.65. The van der Waals surface area contributed by atoms with Gasteiger partial charge in [0.15, 0.2) is 11.6 Å². The van der Waals surface area contributed by atoms with Crippen LogP contribution in [0.25, 0.3) is 16.9 Å². The van der Waals surface area contributed by atoms with Crippen LogP contribution in [0, 0.1) is 13.8 Å². The number of aromatic nitrogens is 4. The van der Waals surface area contributed by atoms with E-state index in [1.165, 1.54) is 0 Å². The van der Waals surface area contributed by atoms with E-state index in [9.17, 15) is 0 Å². The summed E-state index contributed by atoms with van der Waals surface area (Å²) in [7, 11) is 1.66. The molecule has 2 aromatic heterocycles. The Morgan fingerprint density at radius 1 is 1.04 bits per heavy atom. The number of rotatable bonds is 5. The molecule has 0 aliphatic rings. The van der Waals surface area contributed by atoms with Crippen molar-refractivity contribution in [3.8, 4) is 11.6 Å². The summed E-state index contributed by atoms with van der Waals surface area (Å²) >= 11 is 6.14. The van der Waals surface area contributed by atoms with Gasteiger partial charge in [0.2, 0.25) is 0 Å². The molecule has 2 aromatic carbocycles. The molecule has 0 bridgehead atoms. The normalized spacial score (nSPS) is 11.0. The molecular weight excluding hydrogens is 374 g/mol. The highest BCUT2D eigenvalue weighted by Crippen LogP contribution is 2.25. The number of anilines is 1. The standard InChI is InChI=1S/C21H20ClN5O/c1-13-9-14(2)27(26-13)21-20(23-12-15-5-4-6-17(10-15)28-3)24-18-8-7-16(22)11-19(18)25-21/h4-11H,12H2,1-3H3,(H,23,24). The van der Waals surface area contributed by atoms with Crippen LogP contribution in [-0.4, -0.2) is 26.9 Å². The fourth-order valence-electron chi connectivity index (χ4n) is 3.10. The van der Waals surface area contributed by atoms with Crippen molar-refractivity contribution in [2.24, 2.45) is 0 Å². The van der Waals surface area contributed by atoms with Crippen LogP contribution in [0.3, 0.4) is 0 Å². The molecule has 0 saturated carbocycles. The number of hydrogen-bond donors (Lipinski definition) is 1. The number of methoxy groups -OCH3 is 1. The van der Waals surface area contributed by atoms with Gasteiger partial charge in [0.1, 0.15) is 5.75 Å². The van der Waals surface area contributed by atoms with E-state index in [1.807, 2.05) is 62.4 Å². The number of hydrogen-bond acceptors (Lipinski definition) is 5. The fourth-order valence-corrected chi connectivity index (χ4v) is 3.26. The maximum absolute atomic E-state index is 6.14. The second-order valence-electron chi connectivity index (χ2n) is 6.57. The number of fused-ring (bicyclic) bond motifs is 1. The third-order valence-electron chi connectivity index (χ3n) is 4.41. The first-order chi connectivity index (χ1) is 13.5. The quantitative estimate of drug-likeness (QED) is 0.532. The Labute approximate surface area is 168 Å². The zero-order valence-corrected chi connectivity index (χ0v) is 16.7. The molecule has 0 spiro atoms. The van der Waals surface area contributed by atoms with E-state index in [0.29, 0.717) is 23.2 Å². The molecular formula is C21H20ClN5O. The van der Waals surface area contributed by atoms with Crippen LogP contribution in [-0.2, 0) is 6.54 Å². The minimum Gasteiger partial charge on any atom is -0.497 e. The highest BCUT2D eigenvalue weighted by Gasteiger charge is 2.14. The van der Waals surface area contributed by atoms with E-state index >= 15 is 0 Å². The lowest BCUT2D eigenvalue weighted by Crippen LogP contribution is -2.11. The van der Waals surface area contributed by atoms with E-state index < -0.39 is 0 Å². The molecule has 4 rings (SSSR count). The minimum atomic E-state index is 0.581. The lowest BCUT2D eigenvalue weighted by atomic mass is 10.2. The summed E-state index contributed by atoms with van der Waals surface area (Å²) < 4.78 is 7.11. The van der Waals surface area contributed by atoms with Gasteiger partial charge in [-0.25, -0.2) is 14.6 Å². The summed E-state index contributed by atoms with van der Waals surface area (Å²) in [5.41, 5.74) is 4.48. The molecule has 6 nitrogen and oxygen atoms in total. The average Bonchev–Trinajstić information content (AvgIpc) is 3.03. The fraction of sp³-hybridized carbons (Fsp3) is 0.190. The van der Waals surface area contributed by atoms with Gasteiger partial charge in [0, 0.05) is 17.3 Å². The van der Waals surface area contributed by atoms with Gasteiger partial charge in [-0.05, 0) is 55.8 Å². The summed E-state index contributed by atoms with van der Waals surface area (Å²) in [6, 6.07) is 15.4. The maximum Gasteiger partial charge on any atom is 0.197 e. The summed E-state index contributed by atoms with van der Waals surface area (Å²) in [6.07, 6.45) is 0. The molecule has 0 aliphatic carbocycles. The largest absolute Gasteiger partial charge is 0.497 e. The molecule has 28 heavy (non-hydrogen) atoms. The van der Waals surface area contributed by atoms with Crippen LogP contribution in [0.5, 0.6) is 5.75 Å². The Kier molecular flexibility index (Phi) is 4.88. The van der Waals surface area contributed by atoms with Crippen LogP contribution in [0.4, 0.5) is 5.82 Å². The van der Waals surface area contributed by atoms with Gasteiger partial charge in [-0.15, -0.1) is 0 Å². The Bertz CT molecular complexity index is 1150. The van der Waals surface area contributed by atoms with Gasteiger partial charge in [-0.1, -0.05) is 23.7 Å². The highest BCUT2D eigenvalue weighted by atomic mass is 35.5. The number of aryl methyl sites for hydroxylation is 2. The van der Waals surface area contributed by atoms with Crippen LogP contribution in [0.15, 0.2) is 48.5 Å². The van der Waals surface area contributed by atoms with Crippen molar-refractivity contribution in [1.29, 1.82) is 0 Å². The number of nitrogens with zero attached hydrogens (tertiary/aromatic N) is 4. The van der Waals surface area contributed by atoms with E-state index in [1.54, 1.807) is 11.8 Å². The Morgan fingerprint density at radius 2 is 1.89 bits per heavy atom. The number of ether oxygens (including phenoxy) is 1. The molecule has 0 saturated heterocycles. The molecule has 0 atom stereocenters. The van der Waals surface area contributed by atoms with Crippen molar-refractivity contribution < 1.29 is 4.74 Å². The molecule has 4 aromatic rings. The molecule has 7 heteroatoms. The minimum absolute atomic E-state index is 0.581. The lowest BCUT2D eigenvalue weighted by Gasteiger charge is -2.13. The van der Waals surface area contributed by atoms with Crippen molar-refractivity contribution >= 4 is 28.5 Å². The number of nitrogens with one attached hydrogen (secondary N) is 1. The Balaban J connectivity index is 1.77. The molecule has 0 amide bonds. The van der Waals surface area contributed by atoms with Crippen molar-refractivity contribution in [2.75, 3.05) is 12.4 Å². The van der Waals surface area contributed by atoms with Crippen LogP contribution in [0.2, 0.25) is 5.02 Å². The van der Waals surface area contributed by atoms with Crippen LogP contribution < -0.4 is 10.1 Å². The molecule has 1 N–H and O–H groups in total. The molecule has 0 unspecified atom stereocenters.